The number of benzene rings is 2. The van der Waals surface area contributed by atoms with Gasteiger partial charge in [-0.2, -0.15) is 0 Å². The Morgan fingerprint density at radius 3 is 2.16 bits per heavy atom. The third-order valence-corrected chi connectivity index (χ3v) is 3.90. The van der Waals surface area contributed by atoms with Gasteiger partial charge in [0.15, 0.2) is 0 Å². The summed E-state index contributed by atoms with van der Waals surface area (Å²) in [5.74, 6) is -0.323. The Morgan fingerprint density at radius 1 is 1.04 bits per heavy atom. The highest BCUT2D eigenvalue weighted by Gasteiger charge is 2.17. The van der Waals surface area contributed by atoms with Crippen LogP contribution in [0.2, 0.25) is 0 Å². The Labute approximate surface area is 150 Å². The topological polar surface area (TPSA) is 72.5 Å². The number of rotatable bonds is 7. The number of hydrogen-bond acceptors (Lipinski definition) is 4. The third-order valence-electron chi connectivity index (χ3n) is 3.90. The van der Waals surface area contributed by atoms with Gasteiger partial charge in [0, 0.05) is 13.2 Å². The van der Waals surface area contributed by atoms with Crippen LogP contribution >= 0.6 is 0 Å². The van der Waals surface area contributed by atoms with Crippen molar-refractivity contribution in [1.29, 1.82) is 0 Å². The van der Waals surface area contributed by atoms with Crippen LogP contribution in [0.25, 0.3) is 11.1 Å². The summed E-state index contributed by atoms with van der Waals surface area (Å²) in [4.78, 5) is 11.7. The van der Waals surface area contributed by atoms with Crippen molar-refractivity contribution in [1.82, 2.24) is 0 Å². The molecule has 0 spiro atoms. The second-order valence-corrected chi connectivity index (χ2v) is 5.92. The minimum absolute atomic E-state index is 0.0445. The van der Waals surface area contributed by atoms with Gasteiger partial charge in [-0.3, -0.25) is 4.79 Å². The maximum atomic E-state index is 11.7. The molecule has 2 aromatic carbocycles. The Kier molecular flexibility index (Phi) is 9.51. The molecule has 2 rings (SSSR count). The van der Waals surface area contributed by atoms with E-state index in [0.717, 1.165) is 13.5 Å². The molecular weight excluding hydrogens is 314 g/mol. The highest BCUT2D eigenvalue weighted by molar-refractivity contribution is 5.72. The molecule has 0 aromatic heterocycles. The van der Waals surface area contributed by atoms with E-state index in [1.54, 1.807) is 0 Å². The minimum atomic E-state index is -0.164. The molecule has 0 amide bonds. The van der Waals surface area contributed by atoms with Gasteiger partial charge in [-0.25, -0.2) is 0 Å². The number of aliphatic hydroxyl groups excluding tert-OH is 1. The zero-order valence-corrected chi connectivity index (χ0v) is 15.3. The number of nitrogens with two attached hydrogens (primary N) is 1. The Balaban J connectivity index is 0.00000151. The molecule has 25 heavy (non-hydrogen) atoms. The zero-order valence-electron chi connectivity index (χ0n) is 15.3. The average Bonchev–Trinajstić information content (AvgIpc) is 2.65. The standard InChI is InChI=1S/C20H25NO2.CH4O/c1-3-23-20(22)15(2)13-19(21)14-16-9-11-18(12-10-16)17-7-5-4-6-8-17;1-2/h4-12,15,19H,3,13-14,21H2,1-2H3;2H,1H3. The summed E-state index contributed by atoms with van der Waals surface area (Å²) in [6.07, 6.45) is 1.40. The fourth-order valence-electron chi connectivity index (χ4n) is 2.68. The van der Waals surface area contributed by atoms with E-state index < -0.39 is 0 Å². The van der Waals surface area contributed by atoms with Crippen LogP contribution in [-0.2, 0) is 16.0 Å². The molecule has 0 heterocycles. The van der Waals surface area contributed by atoms with Gasteiger partial charge in [0.05, 0.1) is 12.5 Å². The summed E-state index contributed by atoms with van der Waals surface area (Å²) in [5, 5.41) is 7.00. The monoisotopic (exact) mass is 343 g/mol. The normalized spacial score (nSPS) is 12.5. The summed E-state index contributed by atoms with van der Waals surface area (Å²) in [6, 6.07) is 18.7. The van der Waals surface area contributed by atoms with Gasteiger partial charge in [0.2, 0.25) is 0 Å². The highest BCUT2D eigenvalue weighted by atomic mass is 16.5. The van der Waals surface area contributed by atoms with E-state index in [0.29, 0.717) is 13.0 Å². The molecule has 0 fully saturated rings. The summed E-state index contributed by atoms with van der Waals surface area (Å²) >= 11 is 0. The van der Waals surface area contributed by atoms with Crippen molar-refractivity contribution in [2.24, 2.45) is 11.7 Å². The number of esters is 1. The van der Waals surface area contributed by atoms with Gasteiger partial charge < -0.3 is 15.6 Å². The lowest BCUT2D eigenvalue weighted by molar-refractivity contribution is -0.147. The lowest BCUT2D eigenvalue weighted by Gasteiger charge is -2.16. The van der Waals surface area contributed by atoms with E-state index in [9.17, 15) is 4.79 Å². The molecule has 0 aliphatic rings. The zero-order chi connectivity index (χ0) is 18.7. The van der Waals surface area contributed by atoms with Crippen molar-refractivity contribution in [2.75, 3.05) is 13.7 Å². The molecule has 0 bridgehead atoms. The van der Waals surface area contributed by atoms with Crippen LogP contribution in [0.3, 0.4) is 0 Å². The first-order chi connectivity index (χ1) is 12.1. The molecule has 0 saturated carbocycles. The predicted octanol–water partition coefficient (Wildman–Crippen LogP) is 3.42. The summed E-state index contributed by atoms with van der Waals surface area (Å²) in [7, 11) is 1.00. The first-order valence-electron chi connectivity index (χ1n) is 8.61. The van der Waals surface area contributed by atoms with Crippen LogP contribution in [0.4, 0.5) is 0 Å². The molecule has 0 aliphatic carbocycles. The Hall–Kier alpha value is -2.17. The van der Waals surface area contributed by atoms with Gasteiger partial charge in [-0.05, 0) is 36.5 Å². The van der Waals surface area contributed by atoms with E-state index in [-0.39, 0.29) is 17.9 Å². The van der Waals surface area contributed by atoms with E-state index >= 15 is 0 Å². The summed E-state index contributed by atoms with van der Waals surface area (Å²) in [6.45, 7) is 4.11. The average molecular weight is 343 g/mol. The molecule has 4 heteroatoms. The number of carbonyl (C=O) groups excluding carboxylic acids is 1. The molecule has 4 nitrogen and oxygen atoms in total. The molecule has 2 aromatic rings. The van der Waals surface area contributed by atoms with Crippen LogP contribution in [0.15, 0.2) is 54.6 Å². The maximum absolute atomic E-state index is 11.7. The number of hydrogen-bond donors (Lipinski definition) is 2. The van der Waals surface area contributed by atoms with Gasteiger partial charge >= 0.3 is 5.97 Å². The smallest absolute Gasteiger partial charge is 0.308 e. The van der Waals surface area contributed by atoms with Crippen molar-refractivity contribution < 1.29 is 14.6 Å². The molecule has 0 saturated heterocycles. The van der Waals surface area contributed by atoms with E-state index in [1.165, 1.54) is 16.7 Å². The van der Waals surface area contributed by atoms with Crippen molar-refractivity contribution in [2.45, 2.75) is 32.7 Å². The van der Waals surface area contributed by atoms with E-state index in [1.807, 2.05) is 32.0 Å². The SMILES string of the molecule is CCOC(=O)C(C)CC(N)Cc1ccc(-c2ccccc2)cc1.CO. The van der Waals surface area contributed by atoms with Gasteiger partial charge in [-0.1, -0.05) is 61.5 Å². The van der Waals surface area contributed by atoms with Gasteiger partial charge in [0.1, 0.15) is 0 Å². The third kappa shape index (κ3) is 7.08. The van der Waals surface area contributed by atoms with Gasteiger partial charge in [-0.15, -0.1) is 0 Å². The predicted molar refractivity (Wildman–Crippen MR) is 102 cm³/mol. The molecule has 2 atom stereocenters. The van der Waals surface area contributed by atoms with E-state index in [2.05, 4.69) is 36.4 Å². The van der Waals surface area contributed by atoms with Crippen LogP contribution in [0.1, 0.15) is 25.8 Å². The first kappa shape index (κ1) is 20.9. The van der Waals surface area contributed by atoms with Crippen molar-refractivity contribution >= 4 is 5.97 Å². The summed E-state index contributed by atoms with van der Waals surface area (Å²) < 4.78 is 5.02. The van der Waals surface area contributed by atoms with Gasteiger partial charge in [0.25, 0.3) is 0 Å². The molecule has 0 aliphatic heterocycles. The van der Waals surface area contributed by atoms with E-state index in [4.69, 9.17) is 15.6 Å². The maximum Gasteiger partial charge on any atom is 0.308 e. The molecule has 3 N–H and O–H groups in total. The fourth-order valence-corrected chi connectivity index (χ4v) is 2.68. The quantitative estimate of drug-likeness (QED) is 0.756. The van der Waals surface area contributed by atoms with Crippen molar-refractivity contribution in [3.8, 4) is 11.1 Å². The second-order valence-electron chi connectivity index (χ2n) is 5.92. The first-order valence-corrected chi connectivity index (χ1v) is 8.61. The Morgan fingerprint density at radius 2 is 1.60 bits per heavy atom. The lowest BCUT2D eigenvalue weighted by atomic mass is 9.95. The van der Waals surface area contributed by atoms with Crippen molar-refractivity contribution in [3.63, 3.8) is 0 Å². The minimum Gasteiger partial charge on any atom is -0.466 e. The van der Waals surface area contributed by atoms with Crippen LogP contribution < -0.4 is 5.73 Å². The number of ether oxygens (including phenoxy) is 1. The Bertz CT molecular complexity index is 611. The molecule has 2 unspecified atom stereocenters. The van der Waals surface area contributed by atoms with Crippen LogP contribution in [0, 0.1) is 5.92 Å². The number of aliphatic hydroxyl groups is 1. The second kappa shape index (κ2) is 11.4. The van der Waals surface area contributed by atoms with Crippen LogP contribution in [-0.4, -0.2) is 30.8 Å². The number of carbonyl (C=O) groups is 1. The molecule has 136 valence electrons. The summed E-state index contributed by atoms with van der Waals surface area (Å²) in [5.41, 5.74) is 9.77. The fraction of sp³-hybridized carbons (Fsp3) is 0.381. The van der Waals surface area contributed by atoms with Crippen LogP contribution in [0.5, 0.6) is 0 Å². The highest BCUT2D eigenvalue weighted by Crippen LogP contribution is 2.20. The van der Waals surface area contributed by atoms with Crippen molar-refractivity contribution in [3.05, 3.63) is 60.2 Å². The largest absolute Gasteiger partial charge is 0.466 e. The molecule has 0 radical (unpaired) electrons. The lowest BCUT2D eigenvalue weighted by Crippen LogP contribution is -2.29. The molecular formula is C21H29NO3.